The summed E-state index contributed by atoms with van der Waals surface area (Å²) in [6.45, 7) is 2.40. The van der Waals surface area contributed by atoms with E-state index in [0.29, 0.717) is 17.8 Å². The first-order valence-electron chi connectivity index (χ1n) is 5.33. The van der Waals surface area contributed by atoms with Crippen LogP contribution in [0.3, 0.4) is 0 Å². The maximum Gasteiger partial charge on any atom is 0.145 e. The molecule has 2 aliphatic heterocycles. The number of hydrogen-bond acceptors (Lipinski definition) is 4. The van der Waals surface area contributed by atoms with Gasteiger partial charge in [-0.2, -0.15) is 5.10 Å². The van der Waals surface area contributed by atoms with Gasteiger partial charge in [-0.15, -0.1) is 0 Å². The summed E-state index contributed by atoms with van der Waals surface area (Å²) in [7, 11) is 0. The SMILES string of the molecule is Nc1ccn(CC2C[C@H]3COC[C@H]3O2)n1. The zero-order valence-electron chi connectivity index (χ0n) is 8.50. The van der Waals surface area contributed by atoms with Gasteiger partial charge in [-0.25, -0.2) is 0 Å². The standard InChI is InChI=1S/C10H15N3O2/c11-10-1-2-13(12-10)4-8-3-7-5-14-6-9(7)15-8/h1-2,7-9H,3-6H2,(H2,11,12)/t7-,8?,9+/m0/s1. The van der Waals surface area contributed by atoms with Crippen molar-refractivity contribution in [3.8, 4) is 0 Å². The number of fused-ring (bicyclic) bond motifs is 1. The third-order valence-corrected chi connectivity index (χ3v) is 3.12. The predicted molar refractivity (Wildman–Crippen MR) is 54.2 cm³/mol. The molecule has 3 atom stereocenters. The number of nitrogen functional groups attached to an aromatic ring is 1. The summed E-state index contributed by atoms with van der Waals surface area (Å²) >= 11 is 0. The molecule has 1 aromatic rings. The van der Waals surface area contributed by atoms with Crippen molar-refractivity contribution in [2.75, 3.05) is 18.9 Å². The van der Waals surface area contributed by atoms with Gasteiger partial charge in [-0.3, -0.25) is 4.68 Å². The Balaban J connectivity index is 1.61. The van der Waals surface area contributed by atoms with Crippen LogP contribution in [0.15, 0.2) is 12.3 Å². The lowest BCUT2D eigenvalue weighted by atomic mass is 10.0. The first-order valence-corrected chi connectivity index (χ1v) is 5.33. The molecule has 2 aliphatic rings. The van der Waals surface area contributed by atoms with Gasteiger partial charge in [0.25, 0.3) is 0 Å². The average molecular weight is 209 g/mol. The summed E-state index contributed by atoms with van der Waals surface area (Å²) in [6.07, 6.45) is 3.54. The second kappa shape index (κ2) is 3.50. The molecule has 82 valence electrons. The van der Waals surface area contributed by atoms with E-state index in [0.717, 1.165) is 26.2 Å². The lowest BCUT2D eigenvalue weighted by Crippen LogP contribution is -2.19. The van der Waals surface area contributed by atoms with Crippen LogP contribution in [0.2, 0.25) is 0 Å². The van der Waals surface area contributed by atoms with E-state index in [2.05, 4.69) is 5.10 Å². The van der Waals surface area contributed by atoms with E-state index in [1.165, 1.54) is 0 Å². The molecule has 2 N–H and O–H groups in total. The summed E-state index contributed by atoms with van der Waals surface area (Å²) in [4.78, 5) is 0. The lowest BCUT2D eigenvalue weighted by molar-refractivity contribution is 0.0110. The summed E-state index contributed by atoms with van der Waals surface area (Å²) in [5.74, 6) is 1.15. The fourth-order valence-corrected chi connectivity index (χ4v) is 2.39. The maximum absolute atomic E-state index is 5.87. The number of ether oxygens (including phenoxy) is 2. The maximum atomic E-state index is 5.87. The van der Waals surface area contributed by atoms with Crippen molar-refractivity contribution in [1.82, 2.24) is 9.78 Å². The molecular weight excluding hydrogens is 194 g/mol. The minimum Gasteiger partial charge on any atom is -0.382 e. The highest BCUT2D eigenvalue weighted by Gasteiger charge is 2.39. The van der Waals surface area contributed by atoms with Crippen LogP contribution in [0.5, 0.6) is 0 Å². The molecule has 1 unspecified atom stereocenters. The number of nitrogens with two attached hydrogens (primary N) is 1. The second-order valence-electron chi connectivity index (χ2n) is 4.29. The Bertz CT molecular complexity index is 340. The van der Waals surface area contributed by atoms with Crippen molar-refractivity contribution in [3.05, 3.63) is 12.3 Å². The minimum atomic E-state index is 0.267. The smallest absolute Gasteiger partial charge is 0.145 e. The van der Waals surface area contributed by atoms with Crippen LogP contribution in [0, 0.1) is 5.92 Å². The van der Waals surface area contributed by atoms with E-state index < -0.39 is 0 Å². The molecule has 0 spiro atoms. The molecule has 0 radical (unpaired) electrons. The number of anilines is 1. The Hall–Kier alpha value is -1.07. The zero-order valence-corrected chi connectivity index (χ0v) is 8.50. The van der Waals surface area contributed by atoms with Gasteiger partial charge >= 0.3 is 0 Å². The molecule has 15 heavy (non-hydrogen) atoms. The third-order valence-electron chi connectivity index (χ3n) is 3.12. The van der Waals surface area contributed by atoms with Gasteiger partial charge in [0.05, 0.1) is 32.0 Å². The van der Waals surface area contributed by atoms with Gasteiger partial charge in [0, 0.05) is 12.1 Å². The van der Waals surface area contributed by atoms with E-state index in [4.69, 9.17) is 15.2 Å². The fraction of sp³-hybridized carbons (Fsp3) is 0.700. The predicted octanol–water partition coefficient (Wildman–Crippen LogP) is 0.269. The third kappa shape index (κ3) is 1.72. The van der Waals surface area contributed by atoms with Crippen LogP contribution in [0.25, 0.3) is 0 Å². The van der Waals surface area contributed by atoms with Crippen LogP contribution < -0.4 is 5.73 Å². The van der Waals surface area contributed by atoms with Crippen LogP contribution in [-0.4, -0.2) is 35.2 Å². The number of aromatic nitrogens is 2. The average Bonchev–Trinajstić information content (AvgIpc) is 2.81. The molecule has 1 aromatic heterocycles. The number of rotatable bonds is 2. The Morgan fingerprint density at radius 3 is 3.20 bits per heavy atom. The summed E-state index contributed by atoms with van der Waals surface area (Å²) in [5, 5.41) is 4.15. The molecule has 0 bridgehead atoms. The van der Waals surface area contributed by atoms with E-state index in [1.807, 2.05) is 10.9 Å². The van der Waals surface area contributed by atoms with Crippen molar-refractivity contribution < 1.29 is 9.47 Å². The fourth-order valence-electron chi connectivity index (χ4n) is 2.39. The molecule has 0 aliphatic carbocycles. The highest BCUT2D eigenvalue weighted by atomic mass is 16.6. The highest BCUT2D eigenvalue weighted by Crippen LogP contribution is 2.31. The molecular formula is C10H15N3O2. The van der Waals surface area contributed by atoms with Gasteiger partial charge in [0.1, 0.15) is 5.82 Å². The van der Waals surface area contributed by atoms with E-state index in [1.54, 1.807) is 6.07 Å². The normalized spacial score (nSPS) is 34.5. The Morgan fingerprint density at radius 2 is 2.47 bits per heavy atom. The van der Waals surface area contributed by atoms with Crippen molar-refractivity contribution in [2.45, 2.75) is 25.2 Å². The Morgan fingerprint density at radius 1 is 1.53 bits per heavy atom. The summed E-state index contributed by atoms with van der Waals surface area (Å²) in [5.41, 5.74) is 5.55. The summed E-state index contributed by atoms with van der Waals surface area (Å²) in [6, 6.07) is 1.80. The van der Waals surface area contributed by atoms with E-state index in [9.17, 15) is 0 Å². The Kier molecular flexibility index (Phi) is 2.14. The molecule has 3 heterocycles. The molecule has 5 nitrogen and oxygen atoms in total. The Labute approximate surface area is 88.1 Å². The zero-order chi connectivity index (χ0) is 10.3. The molecule has 0 amide bonds. The molecule has 2 fully saturated rings. The van der Waals surface area contributed by atoms with Gasteiger partial charge in [0.15, 0.2) is 0 Å². The van der Waals surface area contributed by atoms with Crippen molar-refractivity contribution in [2.24, 2.45) is 5.92 Å². The topological polar surface area (TPSA) is 62.3 Å². The van der Waals surface area contributed by atoms with Crippen molar-refractivity contribution in [3.63, 3.8) is 0 Å². The first-order chi connectivity index (χ1) is 7.31. The minimum absolute atomic E-state index is 0.267. The van der Waals surface area contributed by atoms with Gasteiger partial charge in [-0.05, 0) is 12.5 Å². The molecule has 0 saturated carbocycles. The number of hydrogen-bond donors (Lipinski definition) is 1. The summed E-state index contributed by atoms with van der Waals surface area (Å²) < 4.78 is 13.1. The second-order valence-corrected chi connectivity index (χ2v) is 4.29. The van der Waals surface area contributed by atoms with Gasteiger partial charge in [-0.1, -0.05) is 0 Å². The van der Waals surface area contributed by atoms with E-state index >= 15 is 0 Å². The highest BCUT2D eigenvalue weighted by molar-refractivity contribution is 5.23. The van der Waals surface area contributed by atoms with Crippen molar-refractivity contribution >= 4 is 5.82 Å². The molecule has 5 heteroatoms. The van der Waals surface area contributed by atoms with E-state index in [-0.39, 0.29) is 6.10 Å². The van der Waals surface area contributed by atoms with Gasteiger partial charge in [0.2, 0.25) is 0 Å². The monoisotopic (exact) mass is 209 g/mol. The van der Waals surface area contributed by atoms with Crippen LogP contribution >= 0.6 is 0 Å². The van der Waals surface area contributed by atoms with Crippen molar-refractivity contribution in [1.29, 1.82) is 0 Å². The largest absolute Gasteiger partial charge is 0.382 e. The molecule has 3 rings (SSSR count). The van der Waals surface area contributed by atoms with Crippen LogP contribution in [0.1, 0.15) is 6.42 Å². The first kappa shape index (κ1) is 9.18. The van der Waals surface area contributed by atoms with Gasteiger partial charge < -0.3 is 15.2 Å². The van der Waals surface area contributed by atoms with Crippen LogP contribution in [0.4, 0.5) is 5.82 Å². The molecule has 0 aromatic carbocycles. The lowest BCUT2D eigenvalue weighted by Gasteiger charge is -2.11. The molecule has 2 saturated heterocycles. The quantitative estimate of drug-likeness (QED) is 0.759. The van der Waals surface area contributed by atoms with Crippen LogP contribution in [-0.2, 0) is 16.0 Å². The number of nitrogens with zero attached hydrogens (tertiary/aromatic N) is 2.